The third-order valence-electron chi connectivity index (χ3n) is 6.07. The van der Waals surface area contributed by atoms with Crippen LogP contribution in [0.25, 0.3) is 23.1 Å². The van der Waals surface area contributed by atoms with E-state index in [9.17, 15) is 5.26 Å². The molecular formula is C28H29N5. The lowest BCUT2D eigenvalue weighted by molar-refractivity contribution is 0.296. The number of fused-ring (bicyclic) bond motifs is 1. The molecule has 2 aromatic carbocycles. The Morgan fingerprint density at radius 1 is 1.09 bits per heavy atom. The van der Waals surface area contributed by atoms with Gasteiger partial charge in [-0.25, -0.2) is 0 Å². The topological polar surface area (TPSA) is 67.7 Å². The summed E-state index contributed by atoms with van der Waals surface area (Å²) in [4.78, 5) is 9.93. The van der Waals surface area contributed by atoms with Crippen LogP contribution in [0.5, 0.6) is 0 Å². The van der Waals surface area contributed by atoms with Gasteiger partial charge < -0.3 is 10.3 Å². The average Bonchev–Trinajstić information content (AvgIpc) is 3.33. The van der Waals surface area contributed by atoms with Gasteiger partial charge in [-0.1, -0.05) is 50.3 Å². The second-order valence-electron chi connectivity index (χ2n) is 8.10. The molecule has 0 bridgehead atoms. The first-order valence-electron chi connectivity index (χ1n) is 11.3. The molecule has 2 N–H and O–H groups in total. The van der Waals surface area contributed by atoms with Crippen molar-refractivity contribution in [1.29, 1.82) is 5.26 Å². The van der Waals surface area contributed by atoms with Gasteiger partial charge in [0.25, 0.3) is 0 Å². The van der Waals surface area contributed by atoms with Crippen molar-refractivity contribution in [3.8, 4) is 6.07 Å². The predicted octanol–water partition coefficient (Wildman–Crippen LogP) is 6.50. The third-order valence-corrected chi connectivity index (χ3v) is 6.07. The van der Waals surface area contributed by atoms with Crippen molar-refractivity contribution >= 4 is 34.4 Å². The minimum absolute atomic E-state index is 0.515. The summed E-state index contributed by atoms with van der Waals surface area (Å²) in [5.74, 6) is 0. The molecule has 0 unspecified atom stereocenters. The number of aryl methyl sites for hydroxylation is 1. The molecule has 0 fully saturated rings. The van der Waals surface area contributed by atoms with Crippen LogP contribution in [0, 0.1) is 18.3 Å². The fourth-order valence-corrected chi connectivity index (χ4v) is 4.07. The zero-order chi connectivity index (χ0) is 23.2. The van der Waals surface area contributed by atoms with Crippen LogP contribution in [0.4, 0.5) is 11.4 Å². The van der Waals surface area contributed by atoms with Gasteiger partial charge in [0.2, 0.25) is 0 Å². The van der Waals surface area contributed by atoms with Gasteiger partial charge in [0.15, 0.2) is 0 Å². The molecular weight excluding hydrogens is 406 g/mol. The van der Waals surface area contributed by atoms with Crippen molar-refractivity contribution in [2.75, 3.05) is 18.4 Å². The molecule has 0 aliphatic rings. The second kappa shape index (κ2) is 10.2. The number of rotatable bonds is 8. The summed E-state index contributed by atoms with van der Waals surface area (Å²) < 4.78 is 0. The largest absolute Gasteiger partial charge is 0.361 e. The molecule has 4 rings (SSSR count). The van der Waals surface area contributed by atoms with E-state index in [-0.39, 0.29) is 0 Å². The summed E-state index contributed by atoms with van der Waals surface area (Å²) in [7, 11) is 0. The molecule has 5 nitrogen and oxygen atoms in total. The maximum absolute atomic E-state index is 9.72. The lowest BCUT2D eigenvalue weighted by Gasteiger charge is -2.18. The summed E-state index contributed by atoms with van der Waals surface area (Å²) in [6, 6.07) is 17.0. The Hall–Kier alpha value is -3.88. The number of anilines is 2. The van der Waals surface area contributed by atoms with Crippen LogP contribution in [0.3, 0.4) is 0 Å². The first-order valence-corrected chi connectivity index (χ1v) is 11.3. The lowest BCUT2D eigenvalue weighted by Crippen LogP contribution is -2.22. The zero-order valence-electron chi connectivity index (χ0n) is 19.4. The van der Waals surface area contributed by atoms with Gasteiger partial charge in [-0.05, 0) is 54.9 Å². The van der Waals surface area contributed by atoms with Gasteiger partial charge in [0.05, 0.1) is 11.3 Å². The first kappa shape index (κ1) is 22.3. The minimum Gasteiger partial charge on any atom is -0.361 e. The summed E-state index contributed by atoms with van der Waals surface area (Å²) >= 11 is 0. The number of nitriles is 1. The van der Waals surface area contributed by atoms with Crippen LogP contribution in [0.15, 0.2) is 61.1 Å². The summed E-state index contributed by atoms with van der Waals surface area (Å²) in [6.07, 6.45) is 9.45. The highest BCUT2D eigenvalue weighted by Gasteiger charge is 2.11. The standard InChI is InChI=1S/C28H29N5/c1-4-33(5-2)19-22-8-6-7-21(15-22)9-10-23-17-30-18-24(16-29)28(23)32-26-11-12-27-25(20(26)3)13-14-31-27/h6-15,17-18,31H,4-5,19H2,1-3H3,(H,30,32). The van der Waals surface area contributed by atoms with Crippen LogP contribution in [0.1, 0.15) is 41.7 Å². The highest BCUT2D eigenvalue weighted by atomic mass is 15.1. The van der Waals surface area contributed by atoms with Crippen molar-refractivity contribution in [3.63, 3.8) is 0 Å². The van der Waals surface area contributed by atoms with E-state index in [0.29, 0.717) is 5.56 Å². The van der Waals surface area contributed by atoms with Crippen LogP contribution < -0.4 is 5.32 Å². The third kappa shape index (κ3) is 4.97. The second-order valence-corrected chi connectivity index (χ2v) is 8.10. The smallest absolute Gasteiger partial charge is 0.103 e. The highest BCUT2D eigenvalue weighted by molar-refractivity contribution is 5.90. The Morgan fingerprint density at radius 2 is 1.94 bits per heavy atom. The number of hydrogen-bond donors (Lipinski definition) is 2. The number of H-pyrrole nitrogens is 1. The van der Waals surface area contributed by atoms with Crippen molar-refractivity contribution in [2.45, 2.75) is 27.3 Å². The minimum atomic E-state index is 0.515. The van der Waals surface area contributed by atoms with E-state index in [1.165, 1.54) is 5.56 Å². The molecule has 4 aromatic rings. The van der Waals surface area contributed by atoms with Gasteiger partial charge in [0.1, 0.15) is 6.07 Å². The van der Waals surface area contributed by atoms with E-state index in [2.05, 4.69) is 89.5 Å². The molecule has 0 aliphatic carbocycles. The predicted molar refractivity (Wildman–Crippen MR) is 137 cm³/mol. The molecule has 5 heteroatoms. The SMILES string of the molecule is CCN(CC)Cc1cccc(C=Cc2cncc(C#N)c2Nc2ccc3[nH]ccc3c2C)c1. The van der Waals surface area contributed by atoms with E-state index in [1.54, 1.807) is 12.4 Å². The van der Waals surface area contributed by atoms with Gasteiger partial charge in [-0.15, -0.1) is 0 Å². The average molecular weight is 436 g/mol. The van der Waals surface area contributed by atoms with Crippen molar-refractivity contribution in [1.82, 2.24) is 14.9 Å². The Bertz CT molecular complexity index is 1320. The number of aromatic amines is 1. The van der Waals surface area contributed by atoms with Gasteiger partial charge in [-0.3, -0.25) is 9.88 Å². The Balaban J connectivity index is 1.65. The molecule has 166 valence electrons. The molecule has 2 heterocycles. The summed E-state index contributed by atoms with van der Waals surface area (Å²) in [5.41, 5.74) is 7.77. The van der Waals surface area contributed by atoms with Crippen molar-refractivity contribution in [3.05, 3.63) is 88.9 Å². The Kier molecular flexibility index (Phi) is 6.87. The van der Waals surface area contributed by atoms with E-state index < -0.39 is 0 Å². The van der Waals surface area contributed by atoms with Crippen molar-refractivity contribution < 1.29 is 0 Å². The number of nitrogens with one attached hydrogen (secondary N) is 2. The monoisotopic (exact) mass is 435 g/mol. The molecule has 0 aliphatic heterocycles. The molecule has 2 aromatic heterocycles. The van der Waals surface area contributed by atoms with Gasteiger partial charge >= 0.3 is 0 Å². The lowest BCUT2D eigenvalue weighted by atomic mass is 10.1. The van der Waals surface area contributed by atoms with E-state index >= 15 is 0 Å². The normalized spacial score (nSPS) is 11.4. The fourth-order valence-electron chi connectivity index (χ4n) is 4.07. The molecule has 0 radical (unpaired) electrons. The summed E-state index contributed by atoms with van der Waals surface area (Å²) in [5, 5.41) is 14.4. The molecule has 33 heavy (non-hydrogen) atoms. The maximum Gasteiger partial charge on any atom is 0.103 e. The molecule has 0 atom stereocenters. The van der Waals surface area contributed by atoms with Gasteiger partial charge in [-0.2, -0.15) is 5.26 Å². The Labute approximate surface area is 195 Å². The number of aromatic nitrogens is 2. The fraction of sp³-hybridized carbons (Fsp3) is 0.214. The zero-order valence-corrected chi connectivity index (χ0v) is 19.4. The quantitative estimate of drug-likeness (QED) is 0.331. The maximum atomic E-state index is 9.72. The Morgan fingerprint density at radius 3 is 2.73 bits per heavy atom. The van der Waals surface area contributed by atoms with E-state index in [1.807, 2.05) is 18.3 Å². The van der Waals surface area contributed by atoms with Crippen LogP contribution in [-0.4, -0.2) is 28.0 Å². The molecule has 0 saturated heterocycles. The number of nitrogens with zero attached hydrogens (tertiary/aromatic N) is 3. The number of benzene rings is 2. The molecule has 0 spiro atoms. The number of pyridine rings is 1. The van der Waals surface area contributed by atoms with Gasteiger partial charge in [0, 0.05) is 47.3 Å². The van der Waals surface area contributed by atoms with E-state index in [0.717, 1.165) is 58.6 Å². The summed E-state index contributed by atoms with van der Waals surface area (Å²) in [6.45, 7) is 9.47. The van der Waals surface area contributed by atoms with Crippen molar-refractivity contribution in [2.24, 2.45) is 0 Å². The number of hydrogen-bond acceptors (Lipinski definition) is 4. The highest BCUT2D eigenvalue weighted by Crippen LogP contribution is 2.31. The molecule has 0 amide bonds. The molecule has 0 saturated carbocycles. The van der Waals surface area contributed by atoms with Crippen LogP contribution in [-0.2, 0) is 6.54 Å². The van der Waals surface area contributed by atoms with E-state index in [4.69, 9.17) is 0 Å². The van der Waals surface area contributed by atoms with Crippen LogP contribution in [0.2, 0.25) is 0 Å². The first-order chi connectivity index (χ1) is 16.1. The van der Waals surface area contributed by atoms with Crippen LogP contribution >= 0.6 is 0 Å².